The molecule has 0 saturated heterocycles. The minimum Gasteiger partial charge on any atom is -0.305 e. The summed E-state index contributed by atoms with van der Waals surface area (Å²) in [6, 6.07) is 8.42. The fourth-order valence-corrected chi connectivity index (χ4v) is 2.25. The van der Waals surface area contributed by atoms with Gasteiger partial charge in [-0.2, -0.15) is 13.2 Å². The third-order valence-electron chi connectivity index (χ3n) is 3.11. The van der Waals surface area contributed by atoms with Crippen molar-refractivity contribution in [3.05, 3.63) is 64.3 Å². The second-order valence-corrected chi connectivity index (χ2v) is 4.42. The van der Waals surface area contributed by atoms with Crippen molar-refractivity contribution in [2.45, 2.75) is 6.18 Å². The van der Waals surface area contributed by atoms with Crippen molar-refractivity contribution in [2.75, 3.05) is 0 Å². The Morgan fingerprint density at radius 1 is 1.00 bits per heavy atom. The molecule has 0 spiro atoms. The molecule has 1 heterocycles. The van der Waals surface area contributed by atoms with Gasteiger partial charge in [0.15, 0.2) is 0 Å². The first-order valence-electron chi connectivity index (χ1n) is 5.95. The minimum atomic E-state index is -4.65. The van der Waals surface area contributed by atoms with Crippen LogP contribution in [0.3, 0.4) is 0 Å². The van der Waals surface area contributed by atoms with E-state index in [1.807, 2.05) is 0 Å². The lowest BCUT2D eigenvalue weighted by molar-refractivity contribution is -0.137. The van der Waals surface area contributed by atoms with Crippen molar-refractivity contribution in [3.8, 4) is 5.69 Å². The molecule has 0 atom stereocenters. The fraction of sp³-hybridized carbons (Fsp3) is 0.0714. The summed E-state index contributed by atoms with van der Waals surface area (Å²) in [7, 11) is 0. The van der Waals surface area contributed by atoms with Gasteiger partial charge in [-0.15, -0.1) is 0 Å². The van der Waals surface area contributed by atoms with Crippen molar-refractivity contribution < 1.29 is 17.6 Å². The Hall–Kier alpha value is -2.57. The highest BCUT2D eigenvalue weighted by atomic mass is 19.4. The number of H-pyrrole nitrogens is 1. The lowest BCUT2D eigenvalue weighted by Crippen LogP contribution is -2.19. The monoisotopic (exact) mass is 296 g/mol. The number of nitrogens with one attached hydrogen (secondary N) is 1. The van der Waals surface area contributed by atoms with Crippen LogP contribution in [-0.2, 0) is 6.18 Å². The number of imidazole rings is 1. The number of aromatic nitrogens is 2. The SMILES string of the molecule is O=c1[nH]c2cccc(F)c2n1-c1ccccc1C(F)(F)F. The molecule has 0 saturated carbocycles. The van der Waals surface area contributed by atoms with E-state index < -0.39 is 28.9 Å². The molecule has 0 amide bonds. The van der Waals surface area contributed by atoms with E-state index in [1.54, 1.807) is 0 Å². The van der Waals surface area contributed by atoms with Crippen molar-refractivity contribution in [1.29, 1.82) is 0 Å². The zero-order chi connectivity index (χ0) is 15.2. The van der Waals surface area contributed by atoms with Gasteiger partial charge in [-0.05, 0) is 24.3 Å². The van der Waals surface area contributed by atoms with Crippen LogP contribution < -0.4 is 5.69 Å². The summed E-state index contributed by atoms with van der Waals surface area (Å²) in [5, 5.41) is 0. The average molecular weight is 296 g/mol. The molecule has 21 heavy (non-hydrogen) atoms. The van der Waals surface area contributed by atoms with E-state index in [1.165, 1.54) is 24.3 Å². The molecule has 0 aliphatic carbocycles. The molecule has 1 aromatic heterocycles. The number of para-hydroxylation sites is 2. The Bertz CT molecular complexity index is 877. The van der Waals surface area contributed by atoms with Gasteiger partial charge < -0.3 is 4.98 Å². The molecule has 3 rings (SSSR count). The molecule has 0 bridgehead atoms. The largest absolute Gasteiger partial charge is 0.418 e. The molecule has 0 aliphatic heterocycles. The normalized spacial score (nSPS) is 12.0. The number of rotatable bonds is 1. The summed E-state index contributed by atoms with van der Waals surface area (Å²) in [6.07, 6.45) is -4.65. The Labute approximate surface area is 115 Å². The fourth-order valence-electron chi connectivity index (χ4n) is 2.25. The lowest BCUT2D eigenvalue weighted by atomic mass is 10.1. The topological polar surface area (TPSA) is 37.8 Å². The Balaban J connectivity index is 2.43. The zero-order valence-electron chi connectivity index (χ0n) is 10.4. The summed E-state index contributed by atoms with van der Waals surface area (Å²) in [5.74, 6) is -0.775. The van der Waals surface area contributed by atoms with Crippen LogP contribution >= 0.6 is 0 Å². The van der Waals surface area contributed by atoms with Gasteiger partial charge in [0.05, 0.1) is 16.8 Å². The molecule has 0 radical (unpaired) electrons. The number of halogens is 4. The van der Waals surface area contributed by atoms with Crippen LogP contribution in [0.25, 0.3) is 16.7 Å². The summed E-state index contributed by atoms with van der Waals surface area (Å²) >= 11 is 0. The minimum absolute atomic E-state index is 0.136. The van der Waals surface area contributed by atoms with Gasteiger partial charge in [0.2, 0.25) is 0 Å². The number of fused-ring (bicyclic) bond motifs is 1. The second-order valence-electron chi connectivity index (χ2n) is 4.42. The molecular weight excluding hydrogens is 288 g/mol. The maximum absolute atomic E-state index is 13.9. The van der Waals surface area contributed by atoms with Crippen LogP contribution in [0.2, 0.25) is 0 Å². The molecule has 0 unspecified atom stereocenters. The third kappa shape index (κ3) is 2.10. The molecule has 3 aromatic rings. The van der Waals surface area contributed by atoms with Crippen molar-refractivity contribution in [3.63, 3.8) is 0 Å². The summed E-state index contributed by atoms with van der Waals surface area (Å²) in [5.41, 5.74) is -2.31. The van der Waals surface area contributed by atoms with Gasteiger partial charge in [0.25, 0.3) is 0 Å². The number of benzene rings is 2. The Morgan fingerprint density at radius 2 is 1.71 bits per heavy atom. The van der Waals surface area contributed by atoms with Crippen LogP contribution in [0.1, 0.15) is 5.56 Å². The number of aromatic amines is 1. The van der Waals surface area contributed by atoms with Gasteiger partial charge >= 0.3 is 11.9 Å². The second kappa shape index (κ2) is 4.47. The maximum atomic E-state index is 13.9. The van der Waals surface area contributed by atoms with Crippen molar-refractivity contribution >= 4 is 11.0 Å². The van der Waals surface area contributed by atoms with Crippen LogP contribution in [0.4, 0.5) is 17.6 Å². The van der Waals surface area contributed by atoms with Crippen molar-refractivity contribution in [1.82, 2.24) is 9.55 Å². The van der Waals surface area contributed by atoms with Crippen LogP contribution in [0.5, 0.6) is 0 Å². The van der Waals surface area contributed by atoms with E-state index in [4.69, 9.17) is 0 Å². The average Bonchev–Trinajstić information content (AvgIpc) is 2.75. The van der Waals surface area contributed by atoms with Gasteiger partial charge in [-0.1, -0.05) is 18.2 Å². The highest BCUT2D eigenvalue weighted by molar-refractivity contribution is 5.78. The van der Waals surface area contributed by atoms with E-state index in [0.717, 1.165) is 18.2 Å². The van der Waals surface area contributed by atoms with E-state index >= 15 is 0 Å². The van der Waals surface area contributed by atoms with E-state index in [2.05, 4.69) is 4.98 Å². The maximum Gasteiger partial charge on any atom is 0.418 e. The molecular formula is C14H8F4N2O. The Kier molecular flexibility index (Phi) is 2.86. The van der Waals surface area contributed by atoms with E-state index in [9.17, 15) is 22.4 Å². The summed E-state index contributed by atoms with van der Waals surface area (Å²) < 4.78 is 53.8. The number of hydrogen-bond acceptors (Lipinski definition) is 1. The molecule has 108 valence electrons. The lowest BCUT2D eigenvalue weighted by Gasteiger charge is -2.13. The van der Waals surface area contributed by atoms with Crippen LogP contribution in [0.15, 0.2) is 47.3 Å². The summed E-state index contributed by atoms with van der Waals surface area (Å²) in [6.45, 7) is 0. The van der Waals surface area contributed by atoms with Crippen LogP contribution in [0, 0.1) is 5.82 Å². The standard InChI is InChI=1S/C14H8F4N2O/c15-9-5-3-6-10-12(9)20(13(21)19-10)11-7-2-1-4-8(11)14(16,17)18/h1-7H,(H,19,21). The predicted molar refractivity (Wildman–Crippen MR) is 68.9 cm³/mol. The van der Waals surface area contributed by atoms with Gasteiger partial charge in [-0.25, -0.2) is 9.18 Å². The number of nitrogens with zero attached hydrogens (tertiary/aromatic N) is 1. The Morgan fingerprint density at radius 3 is 2.43 bits per heavy atom. The number of alkyl halides is 3. The first kappa shape index (κ1) is 13.4. The highest BCUT2D eigenvalue weighted by Gasteiger charge is 2.34. The smallest absolute Gasteiger partial charge is 0.305 e. The van der Waals surface area contributed by atoms with Crippen LogP contribution in [-0.4, -0.2) is 9.55 Å². The summed E-state index contributed by atoms with van der Waals surface area (Å²) in [4.78, 5) is 14.3. The molecule has 2 aromatic carbocycles. The van der Waals surface area contributed by atoms with E-state index in [0.29, 0.717) is 4.57 Å². The highest BCUT2D eigenvalue weighted by Crippen LogP contribution is 2.34. The number of hydrogen-bond donors (Lipinski definition) is 1. The van der Waals surface area contributed by atoms with Gasteiger partial charge in [-0.3, -0.25) is 4.57 Å². The molecule has 3 nitrogen and oxygen atoms in total. The van der Waals surface area contributed by atoms with Gasteiger partial charge in [0, 0.05) is 0 Å². The first-order chi connectivity index (χ1) is 9.89. The predicted octanol–water partition coefficient (Wildman–Crippen LogP) is 3.48. The third-order valence-corrected chi connectivity index (χ3v) is 3.11. The molecule has 1 N–H and O–H groups in total. The molecule has 0 fully saturated rings. The van der Waals surface area contributed by atoms with Crippen molar-refractivity contribution in [2.24, 2.45) is 0 Å². The first-order valence-corrected chi connectivity index (χ1v) is 5.95. The van der Waals surface area contributed by atoms with E-state index in [-0.39, 0.29) is 11.0 Å². The molecule has 0 aliphatic rings. The zero-order valence-corrected chi connectivity index (χ0v) is 10.4. The quantitative estimate of drug-likeness (QED) is 0.686. The van der Waals surface area contributed by atoms with Gasteiger partial charge in [0.1, 0.15) is 11.3 Å². The molecule has 7 heteroatoms.